The number of rotatable bonds is 3. The number of hydrogen-bond acceptors (Lipinski definition) is 3. The van der Waals surface area contributed by atoms with E-state index in [9.17, 15) is 9.59 Å². The molecule has 0 amide bonds. The molecule has 0 aliphatic heterocycles. The second kappa shape index (κ2) is 8.17. The van der Waals surface area contributed by atoms with E-state index in [0.717, 1.165) is 56.9 Å². The lowest BCUT2D eigenvalue weighted by Gasteiger charge is -2.56. The number of ketones is 1. The average molecular weight is 453 g/mol. The molecular formula is C28H33ClO3. The largest absolute Gasteiger partial charge is 0.459 e. The van der Waals surface area contributed by atoms with Gasteiger partial charge in [-0.3, -0.25) is 4.79 Å². The van der Waals surface area contributed by atoms with Crippen molar-refractivity contribution in [3.63, 3.8) is 0 Å². The number of carbonyl (C=O) groups excluding carboxylic acids is 2. The summed E-state index contributed by atoms with van der Waals surface area (Å²) in [4.78, 5) is 25.1. The minimum Gasteiger partial charge on any atom is -0.459 e. The average Bonchev–Trinajstić information content (AvgIpc) is 3.08. The van der Waals surface area contributed by atoms with Crippen molar-refractivity contribution in [1.29, 1.82) is 0 Å². The summed E-state index contributed by atoms with van der Waals surface area (Å²) in [5, 5.41) is 0.624. The van der Waals surface area contributed by atoms with Crippen molar-refractivity contribution in [3.8, 4) is 0 Å². The van der Waals surface area contributed by atoms with Gasteiger partial charge in [-0.25, -0.2) is 4.79 Å². The van der Waals surface area contributed by atoms with Crippen LogP contribution in [0.2, 0.25) is 5.02 Å². The van der Waals surface area contributed by atoms with Crippen LogP contribution < -0.4 is 0 Å². The van der Waals surface area contributed by atoms with Crippen LogP contribution in [0.1, 0.15) is 70.8 Å². The van der Waals surface area contributed by atoms with Crippen molar-refractivity contribution in [3.05, 3.63) is 52.6 Å². The van der Waals surface area contributed by atoms with Gasteiger partial charge in [0.15, 0.2) is 0 Å². The molecule has 170 valence electrons. The third-order valence-corrected chi connectivity index (χ3v) is 9.70. The Labute approximate surface area is 196 Å². The summed E-state index contributed by atoms with van der Waals surface area (Å²) in [6.07, 6.45) is 13.5. The quantitative estimate of drug-likeness (QED) is 0.288. The van der Waals surface area contributed by atoms with Crippen molar-refractivity contribution in [2.75, 3.05) is 0 Å². The second-order valence-electron chi connectivity index (χ2n) is 10.8. The monoisotopic (exact) mass is 452 g/mol. The Kier molecular flexibility index (Phi) is 5.60. The normalized spacial score (nSPS) is 38.6. The smallest absolute Gasteiger partial charge is 0.331 e. The number of hydrogen-bond donors (Lipinski definition) is 0. The highest BCUT2D eigenvalue weighted by atomic mass is 35.5. The number of Topliss-reactive ketones (excluding diaryl/α,β-unsaturated/α-hetero) is 1. The van der Waals surface area contributed by atoms with E-state index in [2.05, 4.69) is 19.9 Å². The first-order valence-electron chi connectivity index (χ1n) is 12.2. The zero-order valence-electron chi connectivity index (χ0n) is 19.1. The zero-order chi connectivity index (χ0) is 22.5. The van der Waals surface area contributed by atoms with E-state index in [1.54, 1.807) is 6.08 Å². The maximum absolute atomic E-state index is 12.6. The molecule has 4 aliphatic carbocycles. The van der Waals surface area contributed by atoms with Crippen LogP contribution in [0.25, 0.3) is 6.08 Å². The van der Waals surface area contributed by atoms with E-state index in [0.29, 0.717) is 28.6 Å². The van der Waals surface area contributed by atoms with Crippen LogP contribution >= 0.6 is 11.6 Å². The molecule has 5 rings (SSSR count). The summed E-state index contributed by atoms with van der Waals surface area (Å²) in [5.41, 5.74) is 2.40. The molecule has 0 heterocycles. The van der Waals surface area contributed by atoms with Crippen LogP contribution in [-0.2, 0) is 14.3 Å². The van der Waals surface area contributed by atoms with Gasteiger partial charge in [-0.2, -0.15) is 0 Å². The number of halogens is 1. The van der Waals surface area contributed by atoms with E-state index >= 15 is 0 Å². The number of benzene rings is 1. The van der Waals surface area contributed by atoms with Crippen LogP contribution in [0, 0.1) is 28.6 Å². The van der Waals surface area contributed by atoms with Crippen LogP contribution in [0.15, 0.2) is 42.0 Å². The molecule has 1 aromatic rings. The van der Waals surface area contributed by atoms with Crippen LogP contribution in [-0.4, -0.2) is 17.9 Å². The molecule has 3 nitrogen and oxygen atoms in total. The summed E-state index contributed by atoms with van der Waals surface area (Å²) in [6, 6.07) is 7.47. The Morgan fingerprint density at radius 1 is 1.09 bits per heavy atom. The number of ether oxygens (including phenoxy) is 1. The maximum Gasteiger partial charge on any atom is 0.331 e. The summed E-state index contributed by atoms with van der Waals surface area (Å²) < 4.78 is 5.83. The molecule has 0 aromatic heterocycles. The highest BCUT2D eigenvalue weighted by Gasteiger charge is 2.58. The van der Waals surface area contributed by atoms with Gasteiger partial charge in [0.25, 0.3) is 0 Å². The Morgan fingerprint density at radius 3 is 2.66 bits per heavy atom. The minimum absolute atomic E-state index is 0.0591. The highest BCUT2D eigenvalue weighted by molar-refractivity contribution is 6.32. The first-order chi connectivity index (χ1) is 15.3. The summed E-state index contributed by atoms with van der Waals surface area (Å²) in [7, 11) is 0. The molecule has 6 atom stereocenters. The first-order valence-corrected chi connectivity index (χ1v) is 12.5. The van der Waals surface area contributed by atoms with Crippen LogP contribution in [0.4, 0.5) is 0 Å². The summed E-state index contributed by atoms with van der Waals surface area (Å²) in [6.45, 7) is 4.67. The van der Waals surface area contributed by atoms with Gasteiger partial charge in [0.2, 0.25) is 0 Å². The lowest BCUT2D eigenvalue weighted by Crippen LogP contribution is -2.50. The van der Waals surface area contributed by atoms with Crippen molar-refractivity contribution >= 4 is 29.4 Å². The van der Waals surface area contributed by atoms with E-state index in [-0.39, 0.29) is 22.9 Å². The highest BCUT2D eigenvalue weighted by Crippen LogP contribution is 2.64. The predicted molar refractivity (Wildman–Crippen MR) is 127 cm³/mol. The fourth-order valence-corrected chi connectivity index (χ4v) is 7.67. The lowest BCUT2D eigenvalue weighted by molar-refractivity contribution is -0.145. The molecule has 0 bridgehead atoms. The molecule has 0 unspecified atom stereocenters. The molecule has 4 aliphatic rings. The van der Waals surface area contributed by atoms with Gasteiger partial charge in [-0.15, -0.1) is 0 Å². The molecule has 0 spiro atoms. The van der Waals surface area contributed by atoms with Gasteiger partial charge in [-0.1, -0.05) is 55.3 Å². The van der Waals surface area contributed by atoms with Gasteiger partial charge in [0.1, 0.15) is 11.9 Å². The second-order valence-corrected chi connectivity index (χ2v) is 11.2. The molecular weight excluding hydrogens is 420 g/mol. The van der Waals surface area contributed by atoms with Gasteiger partial charge in [0.05, 0.1) is 0 Å². The molecule has 0 radical (unpaired) electrons. The number of esters is 1. The van der Waals surface area contributed by atoms with Crippen molar-refractivity contribution in [2.45, 2.75) is 71.3 Å². The van der Waals surface area contributed by atoms with Gasteiger partial charge < -0.3 is 4.74 Å². The van der Waals surface area contributed by atoms with Gasteiger partial charge in [-0.05, 0) is 79.4 Å². The van der Waals surface area contributed by atoms with Crippen LogP contribution in [0.3, 0.4) is 0 Å². The third kappa shape index (κ3) is 3.57. The summed E-state index contributed by atoms with van der Waals surface area (Å²) in [5.74, 6) is 2.04. The SMILES string of the molecule is C[C@]12CC[C@H](OC(=O)/C=C/c3ccccc3Cl)CC1=CC[C@@H]1[C@@H]2CC[C@]2(C)C(=O)CC[C@@H]12. The van der Waals surface area contributed by atoms with E-state index < -0.39 is 0 Å². The van der Waals surface area contributed by atoms with Crippen molar-refractivity contribution in [1.82, 2.24) is 0 Å². The fourth-order valence-electron chi connectivity index (χ4n) is 7.47. The molecule has 3 saturated carbocycles. The van der Waals surface area contributed by atoms with Crippen molar-refractivity contribution < 1.29 is 14.3 Å². The maximum atomic E-state index is 12.6. The van der Waals surface area contributed by atoms with Crippen molar-refractivity contribution in [2.24, 2.45) is 28.6 Å². The Hall–Kier alpha value is -1.87. The van der Waals surface area contributed by atoms with Crippen LogP contribution in [0.5, 0.6) is 0 Å². The number of carbonyl (C=O) groups is 2. The Morgan fingerprint density at radius 2 is 1.84 bits per heavy atom. The zero-order valence-corrected chi connectivity index (χ0v) is 19.9. The summed E-state index contributed by atoms with van der Waals surface area (Å²) >= 11 is 6.17. The predicted octanol–water partition coefficient (Wildman–Crippen LogP) is 6.80. The molecule has 32 heavy (non-hydrogen) atoms. The Bertz CT molecular complexity index is 994. The molecule has 4 heteroatoms. The van der Waals surface area contributed by atoms with E-state index in [4.69, 9.17) is 16.3 Å². The molecule has 1 aromatic carbocycles. The topological polar surface area (TPSA) is 43.4 Å². The van der Waals surface area contributed by atoms with E-state index in [1.165, 1.54) is 11.6 Å². The standard InChI is InChI=1S/C28H33ClO3/c1-27-15-13-20(32-26(31)12-7-18-5-3-4-6-24(18)29)17-19(27)8-9-21-22-10-11-25(30)28(22,2)16-14-23(21)27/h3-8,12,20-23H,9-11,13-17H2,1-2H3/b12-7+/t20-,21-,22-,23-,27-,28-/m0/s1. The van der Waals surface area contributed by atoms with E-state index in [1.807, 2.05) is 24.3 Å². The number of allylic oxidation sites excluding steroid dienone is 1. The van der Waals surface area contributed by atoms with Gasteiger partial charge >= 0.3 is 5.97 Å². The Balaban J connectivity index is 1.26. The van der Waals surface area contributed by atoms with Gasteiger partial charge in [0, 0.05) is 29.4 Å². The molecule has 0 saturated heterocycles. The molecule has 0 N–H and O–H groups in total. The first kappa shape index (κ1) is 21.9. The molecule has 3 fully saturated rings. The lowest BCUT2D eigenvalue weighted by atomic mass is 9.48. The fraction of sp³-hybridized carbons (Fsp3) is 0.571. The minimum atomic E-state index is -0.300. The number of fused-ring (bicyclic) bond motifs is 5. The third-order valence-electron chi connectivity index (χ3n) is 9.35.